The van der Waals surface area contributed by atoms with Crippen molar-refractivity contribution in [2.24, 2.45) is 10.9 Å². The summed E-state index contributed by atoms with van der Waals surface area (Å²) < 4.78 is 5.68. The van der Waals surface area contributed by atoms with Crippen molar-refractivity contribution in [2.45, 2.75) is 64.8 Å². The third-order valence-corrected chi connectivity index (χ3v) is 7.00. The summed E-state index contributed by atoms with van der Waals surface area (Å²) >= 11 is 0. The molecule has 0 fully saturated rings. The fourth-order valence-corrected chi connectivity index (χ4v) is 5.02. The maximum Gasteiger partial charge on any atom is 0.250 e. The lowest BCUT2D eigenvalue weighted by Crippen LogP contribution is -2.57. The van der Waals surface area contributed by atoms with Crippen molar-refractivity contribution in [1.29, 1.82) is 0 Å². The van der Waals surface area contributed by atoms with Crippen LogP contribution in [0.3, 0.4) is 0 Å². The molecule has 40 heavy (non-hydrogen) atoms. The molecule has 2 aliphatic heterocycles. The number of ether oxygens (including phenoxy) is 1. The van der Waals surface area contributed by atoms with Gasteiger partial charge in [0.2, 0.25) is 17.7 Å². The second kappa shape index (κ2) is 12.0. The van der Waals surface area contributed by atoms with Crippen LogP contribution in [0.2, 0.25) is 0 Å². The largest absolute Gasteiger partial charge is 0.476 e. The summed E-state index contributed by atoms with van der Waals surface area (Å²) in [6, 6.07) is 17.2. The average molecular weight is 547 g/mol. The summed E-state index contributed by atoms with van der Waals surface area (Å²) in [7, 11) is 0. The van der Waals surface area contributed by atoms with Crippen LogP contribution >= 0.6 is 0 Å². The first kappa shape index (κ1) is 29.0. The molecule has 0 bridgehead atoms. The second-order valence-corrected chi connectivity index (χ2v) is 11.3. The number of carbonyl (C=O) groups is 3. The number of carbonyl (C=O) groups excluding carboxylic acids is 3. The normalized spacial score (nSPS) is 20.0. The van der Waals surface area contributed by atoms with E-state index < -0.39 is 29.6 Å². The monoisotopic (exact) mass is 546 g/mol. The smallest absolute Gasteiger partial charge is 0.250 e. The molecule has 3 amide bonds. The molecule has 2 N–H and O–H groups in total. The molecule has 0 aromatic heterocycles. The molecule has 2 aromatic rings. The van der Waals surface area contributed by atoms with Crippen LogP contribution < -0.4 is 5.32 Å². The molecular weight excluding hydrogens is 508 g/mol. The molecule has 9 nitrogen and oxygen atoms in total. The third-order valence-electron chi connectivity index (χ3n) is 7.00. The molecule has 0 saturated carbocycles. The minimum Gasteiger partial charge on any atom is -0.476 e. The predicted octanol–water partition coefficient (Wildman–Crippen LogP) is 3.00. The lowest BCUT2D eigenvalue weighted by molar-refractivity contribution is -0.144. The molecule has 4 rings (SSSR count). The van der Waals surface area contributed by atoms with E-state index in [4.69, 9.17) is 4.74 Å². The Morgan fingerprint density at radius 3 is 2.27 bits per heavy atom. The number of nitrogens with zero attached hydrogens (tertiary/aromatic N) is 3. The van der Waals surface area contributed by atoms with Gasteiger partial charge < -0.3 is 20.1 Å². The van der Waals surface area contributed by atoms with Crippen molar-refractivity contribution < 1.29 is 24.2 Å². The minimum absolute atomic E-state index is 0.177. The van der Waals surface area contributed by atoms with E-state index in [0.717, 1.165) is 5.56 Å². The SMILES string of the molecule is CC(=O)N1C=C(c2ccccc2)N(CC(=O)NC(Cc2ccccc2)C(O)C2=NC(C)(C)CO2)C(=O)C1C(C)C. The zero-order chi connectivity index (χ0) is 29.0. The van der Waals surface area contributed by atoms with Crippen LogP contribution in [0.1, 0.15) is 45.7 Å². The van der Waals surface area contributed by atoms with Crippen LogP contribution in [0.25, 0.3) is 5.70 Å². The fraction of sp³-hybridized carbons (Fsp3) is 0.419. The number of hydrogen-bond acceptors (Lipinski definition) is 6. The number of aliphatic imine (C=N–C) groups is 1. The summed E-state index contributed by atoms with van der Waals surface area (Å²) in [5, 5.41) is 14.2. The Labute approximate surface area is 235 Å². The number of nitrogens with one attached hydrogen (secondary N) is 1. The van der Waals surface area contributed by atoms with Gasteiger partial charge in [0.05, 0.1) is 17.3 Å². The molecule has 0 radical (unpaired) electrons. The van der Waals surface area contributed by atoms with Crippen LogP contribution in [0.15, 0.2) is 71.9 Å². The first-order valence-corrected chi connectivity index (χ1v) is 13.6. The highest BCUT2D eigenvalue weighted by atomic mass is 16.5. The van der Waals surface area contributed by atoms with Gasteiger partial charge in [0.25, 0.3) is 5.91 Å². The molecule has 3 atom stereocenters. The molecule has 9 heteroatoms. The van der Waals surface area contributed by atoms with E-state index in [1.165, 1.54) is 16.7 Å². The Bertz CT molecular complexity index is 1290. The Hall–Kier alpha value is -3.98. The van der Waals surface area contributed by atoms with Gasteiger partial charge in [-0.2, -0.15) is 0 Å². The standard InChI is InChI=1S/C31H38N4O5/c1-20(2)27-30(39)35(25(17-34(27)21(3)36)23-14-10-7-11-15-23)18-26(37)32-24(16-22-12-8-6-9-13-22)28(38)29-33-31(4,5)19-40-29/h6-15,17,20,24,27-28,38H,16,18-19H2,1-5H3,(H,32,37). The van der Waals surface area contributed by atoms with E-state index in [9.17, 15) is 19.5 Å². The van der Waals surface area contributed by atoms with E-state index in [0.29, 0.717) is 24.3 Å². The molecule has 2 heterocycles. The van der Waals surface area contributed by atoms with Gasteiger partial charge in [-0.25, -0.2) is 4.99 Å². The second-order valence-electron chi connectivity index (χ2n) is 11.3. The van der Waals surface area contributed by atoms with Crippen LogP contribution in [-0.2, 0) is 25.5 Å². The van der Waals surface area contributed by atoms with E-state index in [2.05, 4.69) is 10.3 Å². The van der Waals surface area contributed by atoms with E-state index in [-0.39, 0.29) is 30.2 Å². The zero-order valence-electron chi connectivity index (χ0n) is 23.7. The van der Waals surface area contributed by atoms with Crippen LogP contribution in [-0.4, -0.2) is 75.4 Å². The average Bonchev–Trinajstić information content (AvgIpc) is 3.29. The Morgan fingerprint density at radius 2 is 1.73 bits per heavy atom. The van der Waals surface area contributed by atoms with E-state index in [1.807, 2.05) is 88.4 Å². The molecule has 0 aliphatic carbocycles. The number of aliphatic hydroxyl groups is 1. The Balaban J connectivity index is 1.63. The molecule has 2 aromatic carbocycles. The van der Waals surface area contributed by atoms with Crippen molar-refractivity contribution in [3.05, 3.63) is 78.0 Å². The Morgan fingerprint density at radius 1 is 1.10 bits per heavy atom. The van der Waals surface area contributed by atoms with Crippen molar-refractivity contribution >= 4 is 29.3 Å². The molecular formula is C31H38N4O5. The highest BCUT2D eigenvalue weighted by Gasteiger charge is 2.41. The first-order chi connectivity index (χ1) is 19.0. The quantitative estimate of drug-likeness (QED) is 0.502. The maximum absolute atomic E-state index is 13.8. The van der Waals surface area contributed by atoms with Crippen LogP contribution in [0, 0.1) is 5.92 Å². The van der Waals surface area contributed by atoms with Gasteiger partial charge in [-0.15, -0.1) is 0 Å². The highest BCUT2D eigenvalue weighted by Crippen LogP contribution is 2.30. The summed E-state index contributed by atoms with van der Waals surface area (Å²) in [4.78, 5) is 47.3. The number of hydrogen-bond donors (Lipinski definition) is 2. The van der Waals surface area contributed by atoms with E-state index >= 15 is 0 Å². The molecule has 3 unspecified atom stereocenters. The topological polar surface area (TPSA) is 112 Å². The third kappa shape index (κ3) is 6.59. The maximum atomic E-state index is 13.8. The van der Waals surface area contributed by atoms with Crippen molar-refractivity contribution in [2.75, 3.05) is 13.2 Å². The lowest BCUT2D eigenvalue weighted by Gasteiger charge is -2.40. The Kier molecular flexibility index (Phi) is 8.73. The summed E-state index contributed by atoms with van der Waals surface area (Å²) in [6.45, 7) is 9.03. The van der Waals surface area contributed by atoms with Crippen molar-refractivity contribution in [3.63, 3.8) is 0 Å². The van der Waals surface area contributed by atoms with Crippen LogP contribution in [0.4, 0.5) is 0 Å². The van der Waals surface area contributed by atoms with Gasteiger partial charge in [0, 0.05) is 13.1 Å². The van der Waals surface area contributed by atoms with Gasteiger partial charge in [-0.1, -0.05) is 74.5 Å². The van der Waals surface area contributed by atoms with Crippen molar-refractivity contribution in [1.82, 2.24) is 15.1 Å². The lowest BCUT2D eigenvalue weighted by atomic mass is 9.97. The summed E-state index contributed by atoms with van der Waals surface area (Å²) in [5.74, 6) is -1.04. The fourth-order valence-electron chi connectivity index (χ4n) is 5.02. The zero-order valence-corrected chi connectivity index (χ0v) is 23.7. The van der Waals surface area contributed by atoms with Gasteiger partial charge in [0.1, 0.15) is 25.3 Å². The minimum atomic E-state index is -1.18. The van der Waals surface area contributed by atoms with Gasteiger partial charge in [-0.05, 0) is 37.3 Å². The number of rotatable bonds is 9. The number of benzene rings is 2. The number of amides is 3. The molecule has 212 valence electrons. The van der Waals surface area contributed by atoms with Crippen LogP contribution in [0.5, 0.6) is 0 Å². The molecule has 0 saturated heterocycles. The predicted molar refractivity (Wildman–Crippen MR) is 153 cm³/mol. The van der Waals surface area contributed by atoms with E-state index in [1.54, 1.807) is 6.20 Å². The van der Waals surface area contributed by atoms with Crippen molar-refractivity contribution in [3.8, 4) is 0 Å². The van der Waals surface area contributed by atoms with Gasteiger partial charge >= 0.3 is 0 Å². The molecule has 2 aliphatic rings. The molecule has 0 spiro atoms. The van der Waals surface area contributed by atoms with Gasteiger partial charge in [-0.3, -0.25) is 19.3 Å². The summed E-state index contributed by atoms with van der Waals surface area (Å²) in [5.41, 5.74) is 1.61. The number of aliphatic hydroxyl groups excluding tert-OH is 1. The van der Waals surface area contributed by atoms with Gasteiger partial charge in [0.15, 0.2) is 0 Å². The summed E-state index contributed by atoms with van der Waals surface area (Å²) in [6.07, 6.45) is 0.804. The first-order valence-electron chi connectivity index (χ1n) is 13.6. The highest BCUT2D eigenvalue weighted by molar-refractivity contribution is 5.99.